The van der Waals surface area contributed by atoms with Crippen molar-refractivity contribution in [1.82, 2.24) is 5.32 Å². The van der Waals surface area contributed by atoms with E-state index < -0.39 is 0 Å². The Morgan fingerprint density at radius 1 is 1.42 bits per heavy atom. The number of nitrogens with zero attached hydrogens (tertiary/aromatic N) is 2. The fourth-order valence-corrected chi connectivity index (χ4v) is 3.07. The monoisotopic (exact) mass is 321 g/mol. The van der Waals surface area contributed by atoms with Crippen LogP contribution in [0.25, 0.3) is 0 Å². The molecule has 0 amide bonds. The molecule has 2 rings (SSSR count). The zero-order valence-electron chi connectivity index (χ0n) is 11.3. The van der Waals surface area contributed by atoms with Gasteiger partial charge < -0.3 is 10.2 Å². The van der Waals surface area contributed by atoms with Crippen LogP contribution in [-0.2, 0) is 0 Å². The molecule has 1 aromatic rings. The van der Waals surface area contributed by atoms with Crippen molar-refractivity contribution < 1.29 is 0 Å². The number of likely N-dealkylation sites (N-methyl/N-ethyl adjacent to an activating group) is 1. The first-order valence-corrected chi connectivity index (χ1v) is 7.71. The number of anilines is 1. The van der Waals surface area contributed by atoms with Crippen LogP contribution in [0.4, 0.5) is 5.69 Å². The number of benzene rings is 1. The topological polar surface area (TPSA) is 39.1 Å². The zero-order chi connectivity index (χ0) is 13.7. The van der Waals surface area contributed by atoms with Crippen LogP contribution in [-0.4, -0.2) is 25.7 Å². The Bertz CT molecular complexity index is 461. The van der Waals surface area contributed by atoms with Gasteiger partial charge in [-0.15, -0.1) is 0 Å². The van der Waals surface area contributed by atoms with Gasteiger partial charge in [0.25, 0.3) is 0 Å². The van der Waals surface area contributed by atoms with E-state index in [2.05, 4.69) is 45.2 Å². The first kappa shape index (κ1) is 14.4. The number of hydrogen-bond donors (Lipinski definition) is 1. The summed E-state index contributed by atoms with van der Waals surface area (Å²) in [4.78, 5) is 2.34. The van der Waals surface area contributed by atoms with Crippen molar-refractivity contribution in [3.8, 4) is 6.07 Å². The minimum atomic E-state index is 0.568. The highest BCUT2D eigenvalue weighted by Gasteiger charge is 2.16. The van der Waals surface area contributed by atoms with E-state index in [1.165, 1.54) is 19.3 Å². The van der Waals surface area contributed by atoms with Gasteiger partial charge in [0.05, 0.1) is 11.6 Å². The molecule has 0 radical (unpaired) electrons. The molecule has 19 heavy (non-hydrogen) atoms. The number of piperidine rings is 1. The molecule has 1 aliphatic rings. The Morgan fingerprint density at radius 3 is 2.89 bits per heavy atom. The van der Waals surface area contributed by atoms with Crippen molar-refractivity contribution in [2.75, 3.05) is 24.5 Å². The van der Waals surface area contributed by atoms with Crippen LogP contribution >= 0.6 is 15.9 Å². The van der Waals surface area contributed by atoms with Crippen molar-refractivity contribution in [2.24, 2.45) is 0 Å². The molecule has 1 saturated heterocycles. The third-order valence-electron chi connectivity index (χ3n) is 3.61. The van der Waals surface area contributed by atoms with E-state index in [0.29, 0.717) is 11.6 Å². The van der Waals surface area contributed by atoms with E-state index in [4.69, 9.17) is 5.26 Å². The van der Waals surface area contributed by atoms with Crippen LogP contribution in [0.3, 0.4) is 0 Å². The number of nitrogens with one attached hydrogen (secondary N) is 1. The van der Waals surface area contributed by atoms with E-state index in [9.17, 15) is 0 Å². The third-order valence-corrected chi connectivity index (χ3v) is 4.07. The van der Waals surface area contributed by atoms with Gasteiger partial charge >= 0.3 is 0 Å². The number of rotatable bonds is 4. The highest BCUT2D eigenvalue weighted by molar-refractivity contribution is 9.10. The molecule has 0 aromatic heterocycles. The van der Waals surface area contributed by atoms with Gasteiger partial charge in [-0.2, -0.15) is 5.26 Å². The molecule has 102 valence electrons. The predicted molar refractivity (Wildman–Crippen MR) is 82.4 cm³/mol. The average Bonchev–Trinajstić information content (AvgIpc) is 2.45. The Hall–Kier alpha value is -1.05. The summed E-state index contributed by atoms with van der Waals surface area (Å²) in [5.74, 6) is 0. The zero-order valence-corrected chi connectivity index (χ0v) is 12.9. The molecule has 3 nitrogen and oxygen atoms in total. The SMILES string of the molecule is CCN(CC1CCCCN1)c1cc(Br)cc(C#N)c1. The molecule has 0 saturated carbocycles. The van der Waals surface area contributed by atoms with Gasteiger partial charge in [-0.3, -0.25) is 0 Å². The molecule has 1 fully saturated rings. The molecule has 1 atom stereocenters. The van der Waals surface area contributed by atoms with Crippen LogP contribution in [0, 0.1) is 11.3 Å². The second kappa shape index (κ2) is 6.93. The Balaban J connectivity index is 2.12. The van der Waals surface area contributed by atoms with Crippen molar-refractivity contribution >= 4 is 21.6 Å². The third kappa shape index (κ3) is 3.95. The summed E-state index contributed by atoms with van der Waals surface area (Å²) in [5.41, 5.74) is 1.83. The van der Waals surface area contributed by atoms with E-state index in [0.717, 1.165) is 29.8 Å². The summed E-state index contributed by atoms with van der Waals surface area (Å²) in [7, 11) is 0. The lowest BCUT2D eigenvalue weighted by atomic mass is 10.0. The van der Waals surface area contributed by atoms with Crippen molar-refractivity contribution in [3.63, 3.8) is 0 Å². The molecule has 1 aliphatic heterocycles. The van der Waals surface area contributed by atoms with Gasteiger partial charge in [-0.25, -0.2) is 0 Å². The van der Waals surface area contributed by atoms with Gasteiger partial charge in [0.2, 0.25) is 0 Å². The summed E-state index contributed by atoms with van der Waals surface area (Å²) in [6, 6.07) is 8.70. The lowest BCUT2D eigenvalue weighted by Crippen LogP contribution is -2.43. The van der Waals surface area contributed by atoms with E-state index in [1.54, 1.807) is 0 Å². The maximum atomic E-state index is 9.06. The van der Waals surface area contributed by atoms with Crippen LogP contribution < -0.4 is 10.2 Å². The standard InChI is InChI=1S/C15H20BrN3/c1-2-19(11-14-5-3-4-6-18-14)15-8-12(10-17)7-13(16)9-15/h7-9,14,18H,2-6,11H2,1H3. The molecule has 0 bridgehead atoms. The lowest BCUT2D eigenvalue weighted by Gasteiger charge is -2.31. The van der Waals surface area contributed by atoms with Crippen molar-refractivity contribution in [3.05, 3.63) is 28.2 Å². The largest absolute Gasteiger partial charge is 0.370 e. The normalized spacial score (nSPS) is 18.9. The van der Waals surface area contributed by atoms with Crippen LogP contribution in [0.15, 0.2) is 22.7 Å². The molecule has 1 unspecified atom stereocenters. The molecule has 0 aliphatic carbocycles. The van der Waals surface area contributed by atoms with E-state index >= 15 is 0 Å². The maximum absolute atomic E-state index is 9.06. The number of hydrogen-bond acceptors (Lipinski definition) is 3. The summed E-state index contributed by atoms with van der Waals surface area (Å²) in [6.07, 6.45) is 3.85. The summed E-state index contributed by atoms with van der Waals surface area (Å²) in [6.45, 7) is 5.26. The molecule has 1 aromatic carbocycles. The molecule has 1 N–H and O–H groups in total. The average molecular weight is 322 g/mol. The first-order valence-electron chi connectivity index (χ1n) is 6.92. The Labute approximate surface area is 123 Å². The van der Waals surface area contributed by atoms with Crippen molar-refractivity contribution in [2.45, 2.75) is 32.2 Å². The first-order chi connectivity index (χ1) is 9.22. The highest BCUT2D eigenvalue weighted by atomic mass is 79.9. The highest BCUT2D eigenvalue weighted by Crippen LogP contribution is 2.23. The molecular formula is C15H20BrN3. The van der Waals surface area contributed by atoms with Gasteiger partial charge in [0.15, 0.2) is 0 Å². The van der Waals surface area contributed by atoms with Gasteiger partial charge in [-0.05, 0) is 44.5 Å². The molecular weight excluding hydrogens is 302 g/mol. The minimum absolute atomic E-state index is 0.568. The second-order valence-electron chi connectivity index (χ2n) is 5.00. The summed E-state index contributed by atoms with van der Waals surface area (Å²) < 4.78 is 0.969. The quantitative estimate of drug-likeness (QED) is 0.924. The fraction of sp³-hybridized carbons (Fsp3) is 0.533. The van der Waals surface area contributed by atoms with Crippen LogP contribution in [0.2, 0.25) is 0 Å². The molecule has 1 heterocycles. The summed E-state index contributed by atoms with van der Waals surface area (Å²) >= 11 is 3.48. The van der Waals surface area contributed by atoms with Gasteiger partial charge in [0, 0.05) is 29.3 Å². The maximum Gasteiger partial charge on any atom is 0.0992 e. The Kier molecular flexibility index (Phi) is 5.24. The summed E-state index contributed by atoms with van der Waals surface area (Å²) in [5, 5.41) is 12.6. The van der Waals surface area contributed by atoms with E-state index in [1.807, 2.05) is 12.1 Å². The number of nitriles is 1. The molecule has 0 spiro atoms. The van der Waals surface area contributed by atoms with Gasteiger partial charge in [-0.1, -0.05) is 22.4 Å². The smallest absolute Gasteiger partial charge is 0.0992 e. The van der Waals surface area contributed by atoms with Crippen LogP contribution in [0.1, 0.15) is 31.7 Å². The predicted octanol–water partition coefficient (Wildman–Crippen LogP) is 3.29. The minimum Gasteiger partial charge on any atom is -0.370 e. The number of halogens is 1. The van der Waals surface area contributed by atoms with Gasteiger partial charge in [0.1, 0.15) is 0 Å². The van der Waals surface area contributed by atoms with Crippen molar-refractivity contribution in [1.29, 1.82) is 5.26 Å². The lowest BCUT2D eigenvalue weighted by molar-refractivity contribution is 0.400. The van der Waals surface area contributed by atoms with E-state index in [-0.39, 0.29) is 0 Å². The Morgan fingerprint density at radius 2 is 2.26 bits per heavy atom. The fourth-order valence-electron chi connectivity index (χ4n) is 2.58. The van der Waals surface area contributed by atoms with Crippen LogP contribution in [0.5, 0.6) is 0 Å². The second-order valence-corrected chi connectivity index (χ2v) is 5.91. The molecule has 4 heteroatoms.